The van der Waals surface area contributed by atoms with Crippen LogP contribution >= 0.6 is 23.2 Å². The third-order valence-electron chi connectivity index (χ3n) is 16.8. The molecule has 0 aliphatic carbocycles. The quantitative estimate of drug-likeness (QED) is 0.0521. The molecule has 3 aromatic heterocycles. The highest BCUT2D eigenvalue weighted by molar-refractivity contribution is 6.31. The number of hydrogen-bond donors (Lipinski definition) is 6. The molecule has 3 aliphatic heterocycles. The van der Waals surface area contributed by atoms with Gasteiger partial charge in [0.05, 0.1) is 119 Å². The number of fused-ring (bicyclic) bond motifs is 3. The van der Waals surface area contributed by atoms with Crippen LogP contribution in [-0.2, 0) is 20.4 Å². The van der Waals surface area contributed by atoms with Gasteiger partial charge in [0, 0.05) is 79.6 Å². The Balaban J connectivity index is 0.000000147. The number of carbonyl (C=O) groups is 3. The van der Waals surface area contributed by atoms with Crippen LogP contribution in [0.5, 0.6) is 34.5 Å². The summed E-state index contributed by atoms with van der Waals surface area (Å²) >= 11 is 11.5. The van der Waals surface area contributed by atoms with Gasteiger partial charge in [0.1, 0.15) is 40.5 Å². The Morgan fingerprint density at radius 3 is 1.07 bits per heavy atom. The molecule has 0 spiro atoms. The molecular weight excluding hydrogens is 1530 g/mol. The molecule has 112 heavy (non-hydrogen) atoms. The fourth-order valence-electron chi connectivity index (χ4n) is 11.2. The number of urea groups is 3. The minimum absolute atomic E-state index is 0.0800. The van der Waals surface area contributed by atoms with E-state index in [9.17, 15) is 58.3 Å². The highest BCUT2D eigenvalue weighted by Gasteiger charge is 2.31. The number of anilines is 9. The van der Waals surface area contributed by atoms with Crippen molar-refractivity contribution in [3.8, 4) is 34.5 Å². The first kappa shape index (κ1) is 77.5. The Bertz CT molecular complexity index is 5500. The van der Waals surface area contributed by atoms with Crippen molar-refractivity contribution in [1.82, 2.24) is 29.9 Å². The van der Waals surface area contributed by atoms with Gasteiger partial charge < -0.3 is 75.0 Å². The van der Waals surface area contributed by atoms with Crippen molar-refractivity contribution in [2.75, 3.05) is 126 Å². The first-order valence-electron chi connectivity index (χ1n) is 33.9. The molecule has 24 nitrogen and oxygen atoms in total. The summed E-state index contributed by atoms with van der Waals surface area (Å²) in [6.45, 7) is 7.69. The van der Waals surface area contributed by atoms with Crippen LogP contribution in [0.2, 0.25) is 10.0 Å². The van der Waals surface area contributed by atoms with Gasteiger partial charge >= 0.3 is 24.3 Å². The fourth-order valence-corrected chi connectivity index (χ4v) is 11.5. The number of nitrogens with zero attached hydrogens (tertiary/aromatic N) is 9. The molecule has 3 saturated heterocycles. The molecule has 0 atom stereocenters. The van der Waals surface area contributed by atoms with Gasteiger partial charge in [0.15, 0.2) is 34.7 Å². The van der Waals surface area contributed by atoms with E-state index in [-0.39, 0.29) is 50.8 Å². The maximum atomic E-state index is 14.8. The van der Waals surface area contributed by atoms with Crippen LogP contribution in [0.15, 0.2) is 176 Å². The van der Waals surface area contributed by atoms with Gasteiger partial charge in [-0.15, -0.1) is 0 Å². The predicted octanol–water partition coefficient (Wildman–Crippen LogP) is 18.0. The van der Waals surface area contributed by atoms with Crippen LogP contribution in [0.3, 0.4) is 0 Å². The molecule has 0 unspecified atom stereocenters. The summed E-state index contributed by atoms with van der Waals surface area (Å²) < 4.78 is 173. The summed E-state index contributed by atoms with van der Waals surface area (Å²) in [7, 11) is 0. The molecule has 15 rings (SSSR count). The Morgan fingerprint density at radius 2 is 0.723 bits per heavy atom. The van der Waals surface area contributed by atoms with Gasteiger partial charge in [-0.2, -0.15) is 26.3 Å². The Hall–Kier alpha value is -12.6. The van der Waals surface area contributed by atoms with Gasteiger partial charge in [-0.05, 0) is 127 Å². The number of benzene rings is 9. The van der Waals surface area contributed by atoms with Crippen molar-refractivity contribution < 1.29 is 86.7 Å². The molecule has 0 saturated carbocycles. The number of hydrogen-bond acceptors (Lipinski definition) is 18. The van der Waals surface area contributed by atoms with E-state index in [1.807, 2.05) is 9.80 Å². The van der Waals surface area contributed by atoms with E-state index in [0.29, 0.717) is 146 Å². The van der Waals surface area contributed by atoms with Crippen molar-refractivity contribution >= 4 is 126 Å². The number of aromatic nitrogens is 6. The first-order valence-corrected chi connectivity index (χ1v) is 34.6. The molecule has 36 heteroatoms. The van der Waals surface area contributed by atoms with E-state index in [0.717, 1.165) is 36.4 Å². The molecular formula is C76H59Cl2F10N15O9. The lowest BCUT2D eigenvalue weighted by molar-refractivity contribution is -0.137. The van der Waals surface area contributed by atoms with E-state index in [4.69, 9.17) is 51.6 Å². The van der Waals surface area contributed by atoms with Gasteiger partial charge in [-0.1, -0.05) is 35.3 Å². The lowest BCUT2D eigenvalue weighted by Crippen LogP contribution is -2.36. The van der Waals surface area contributed by atoms with E-state index in [1.54, 1.807) is 79.3 Å². The van der Waals surface area contributed by atoms with Crippen LogP contribution in [0.1, 0.15) is 5.56 Å². The Labute approximate surface area is 638 Å². The van der Waals surface area contributed by atoms with Crippen molar-refractivity contribution in [3.05, 3.63) is 233 Å². The van der Waals surface area contributed by atoms with Gasteiger partial charge in [0.2, 0.25) is 17.5 Å². The number of nitrogens with one attached hydrogen (secondary N) is 6. The van der Waals surface area contributed by atoms with E-state index in [1.165, 1.54) is 54.6 Å². The second kappa shape index (κ2) is 34.9. The van der Waals surface area contributed by atoms with Crippen molar-refractivity contribution in [2.45, 2.75) is 6.18 Å². The number of amides is 6. The van der Waals surface area contributed by atoms with Crippen molar-refractivity contribution in [1.29, 1.82) is 0 Å². The molecule has 0 radical (unpaired) electrons. The molecule has 9 aromatic carbocycles. The van der Waals surface area contributed by atoms with Gasteiger partial charge in [-0.25, -0.2) is 46.9 Å². The summed E-state index contributed by atoms with van der Waals surface area (Å²) in [5.74, 6) is -7.16. The number of carbonyl (C=O) groups excluding carboxylic acids is 3. The molecule has 576 valence electrons. The standard InChI is InChI=1S/C26H20F5N5O3.C25H19ClF3N5O3.C25H20ClF2N5O3/c27-23-19(35-25(37)33-16-3-1-2-15(12-16)26(29,30)31)6-7-21(24(23)28)39-17-4-5-18-20(13-17)34-22(14-32-18)36-8-10-38-11-9-36;26-16-3-1-14(11-17(16)27)31-25(35)33-19-5-6-21(24(29)23(19)28)37-15-2-4-18-20(12-15)32-22(13-30-18)34-7-9-36-10-8-34;26-15-2-1-3-16(12-15)30-25(34)32-19-6-7-21(24(28)23(19)27)36-17-4-5-18-20(13-17)31-22(14-29-18)33-8-10-35-11-9-33/h1-7,12-14H,8-11H2,(H2,33,35,37);1-6,11-13H,7-10H2,(H2,31,33,35);1-7,12-14H,8-11H2,(H2,30,32,34). The number of alkyl halides is 3. The number of morpholine rings is 3. The smallest absolute Gasteiger partial charge is 0.416 e. The zero-order valence-corrected chi connectivity index (χ0v) is 59.5. The van der Waals surface area contributed by atoms with Crippen molar-refractivity contribution in [3.63, 3.8) is 0 Å². The molecule has 6 N–H and O–H groups in total. The third kappa shape index (κ3) is 19.5. The number of rotatable bonds is 15. The minimum atomic E-state index is -4.61. The number of halogens is 12. The van der Waals surface area contributed by atoms with Crippen LogP contribution in [0.4, 0.5) is 110 Å². The second-order valence-electron chi connectivity index (χ2n) is 24.4. The average molecular weight is 1590 g/mol. The highest BCUT2D eigenvalue weighted by Crippen LogP contribution is 2.37. The molecule has 6 amide bonds. The topological polar surface area (TPSA) is 266 Å². The normalized spacial score (nSPS) is 13.6. The zero-order chi connectivity index (χ0) is 78.6. The van der Waals surface area contributed by atoms with Crippen LogP contribution in [0, 0.1) is 40.7 Å². The summed E-state index contributed by atoms with van der Waals surface area (Å²) in [5, 5.41) is 13.8. The van der Waals surface area contributed by atoms with Gasteiger partial charge in [0.25, 0.3) is 0 Å². The molecule has 12 aromatic rings. The van der Waals surface area contributed by atoms with Crippen LogP contribution < -0.4 is 60.8 Å². The van der Waals surface area contributed by atoms with Crippen LogP contribution in [-0.4, -0.2) is 127 Å². The van der Waals surface area contributed by atoms with Crippen LogP contribution in [0.25, 0.3) is 33.1 Å². The first-order chi connectivity index (χ1) is 54.0. The Kier molecular flexibility index (Phi) is 24.2. The SMILES string of the molecule is O=C(Nc1ccc(Cl)c(F)c1)Nc1ccc(Oc2ccc3ncc(N4CCOCC4)nc3c2)c(F)c1F.O=C(Nc1cccc(C(F)(F)F)c1)Nc1ccc(Oc2ccc3ncc(N4CCOCC4)nc3c2)c(F)c1F.O=C(Nc1cccc(Cl)c1)Nc1ccc(Oc2ccc3ncc(N4CCOCC4)nc3c2)c(F)c1F. The summed E-state index contributed by atoms with van der Waals surface area (Å²) in [6, 6.07) is 32.5. The fraction of sp³-hybridized carbons (Fsp3) is 0.171. The third-order valence-corrected chi connectivity index (χ3v) is 17.3. The average Bonchev–Trinajstić information content (AvgIpc) is 0.809. The number of ether oxygens (including phenoxy) is 6. The van der Waals surface area contributed by atoms with E-state index < -0.39 is 87.7 Å². The van der Waals surface area contributed by atoms with E-state index in [2.05, 4.69) is 66.7 Å². The summed E-state index contributed by atoms with van der Waals surface area (Å²) in [6.07, 6.45) is 0.409. The minimum Gasteiger partial charge on any atom is -0.454 e. The molecule has 3 aliphatic rings. The Morgan fingerprint density at radius 1 is 0.375 bits per heavy atom. The lowest BCUT2D eigenvalue weighted by Gasteiger charge is -2.27. The molecule has 3 fully saturated rings. The van der Waals surface area contributed by atoms with E-state index >= 15 is 0 Å². The highest BCUT2D eigenvalue weighted by atomic mass is 35.5. The maximum absolute atomic E-state index is 14.8. The van der Waals surface area contributed by atoms with Gasteiger partial charge in [-0.3, -0.25) is 15.0 Å². The predicted molar refractivity (Wildman–Crippen MR) is 399 cm³/mol. The van der Waals surface area contributed by atoms with Crippen molar-refractivity contribution in [2.24, 2.45) is 0 Å². The maximum Gasteiger partial charge on any atom is 0.416 e. The monoisotopic (exact) mass is 1590 g/mol. The zero-order valence-electron chi connectivity index (χ0n) is 58.0. The second-order valence-corrected chi connectivity index (χ2v) is 25.3. The summed E-state index contributed by atoms with van der Waals surface area (Å²) in [5.41, 5.74) is 1.39. The lowest BCUT2D eigenvalue weighted by atomic mass is 10.2. The molecule has 0 bridgehead atoms. The summed E-state index contributed by atoms with van der Waals surface area (Å²) in [4.78, 5) is 69.7. The largest absolute Gasteiger partial charge is 0.454 e. The molecule has 6 heterocycles.